The Kier molecular flexibility index (Phi) is 7.54. The van der Waals surface area contributed by atoms with E-state index in [0.717, 1.165) is 5.56 Å². The van der Waals surface area contributed by atoms with E-state index in [9.17, 15) is 9.59 Å². The molecule has 2 rings (SSSR count). The number of methoxy groups -OCH3 is 1. The molecular formula is C20H19N3O5. The van der Waals surface area contributed by atoms with Gasteiger partial charge in [0.25, 0.3) is 5.91 Å². The monoisotopic (exact) mass is 381 g/mol. The molecule has 2 aromatic rings. The predicted molar refractivity (Wildman–Crippen MR) is 102 cm³/mol. The second kappa shape index (κ2) is 10.3. The van der Waals surface area contributed by atoms with E-state index in [1.54, 1.807) is 55.6 Å². The molecule has 8 heteroatoms. The molecule has 0 aliphatic carbocycles. The van der Waals surface area contributed by atoms with Gasteiger partial charge in [-0.1, -0.05) is 17.3 Å². The Morgan fingerprint density at radius 1 is 1.21 bits per heavy atom. The van der Waals surface area contributed by atoms with Gasteiger partial charge in [-0.05, 0) is 48.9 Å². The van der Waals surface area contributed by atoms with Gasteiger partial charge in [-0.25, -0.2) is 4.79 Å². The van der Waals surface area contributed by atoms with Crippen LogP contribution in [0.5, 0.6) is 5.75 Å². The zero-order valence-corrected chi connectivity index (χ0v) is 15.4. The molecule has 28 heavy (non-hydrogen) atoms. The maximum absolute atomic E-state index is 12.1. The molecule has 0 unspecified atom stereocenters. The highest BCUT2D eigenvalue weighted by Gasteiger charge is 2.19. The molecule has 0 bridgehead atoms. The molecule has 0 heterocycles. The first-order valence-corrected chi connectivity index (χ1v) is 8.32. The number of anilines is 1. The smallest absolute Gasteiger partial charge is 0.347 e. The zero-order chi connectivity index (χ0) is 20.4. The van der Waals surface area contributed by atoms with Crippen molar-refractivity contribution in [3.05, 3.63) is 59.7 Å². The number of para-hydroxylation sites is 1. The first kappa shape index (κ1) is 20.5. The summed E-state index contributed by atoms with van der Waals surface area (Å²) < 4.78 is 10.0. The quantitative estimate of drug-likeness (QED) is 0.427. The van der Waals surface area contributed by atoms with E-state index >= 15 is 0 Å². The maximum atomic E-state index is 12.1. The van der Waals surface area contributed by atoms with Gasteiger partial charge in [0, 0.05) is 0 Å². The maximum Gasteiger partial charge on any atom is 0.347 e. The number of rotatable bonds is 8. The molecule has 0 fully saturated rings. The van der Waals surface area contributed by atoms with E-state index < -0.39 is 24.6 Å². The van der Waals surface area contributed by atoms with E-state index in [0.29, 0.717) is 17.0 Å². The SMILES string of the molecule is COc1ccc(/C=N\OCC(=O)O[C@H](C)C(=O)Nc2ccccc2C#N)cc1. The average molecular weight is 381 g/mol. The number of hydrogen-bond acceptors (Lipinski definition) is 7. The van der Waals surface area contributed by atoms with Gasteiger partial charge in [-0.2, -0.15) is 5.26 Å². The summed E-state index contributed by atoms with van der Waals surface area (Å²) in [5.74, 6) is -0.591. The normalized spacial score (nSPS) is 11.3. The molecule has 0 saturated heterocycles. The summed E-state index contributed by atoms with van der Waals surface area (Å²) in [6, 6.07) is 15.6. The van der Waals surface area contributed by atoms with Gasteiger partial charge in [0.15, 0.2) is 6.10 Å². The van der Waals surface area contributed by atoms with Gasteiger partial charge in [0.05, 0.1) is 24.6 Å². The van der Waals surface area contributed by atoms with E-state index in [1.807, 2.05) is 6.07 Å². The molecule has 1 N–H and O–H groups in total. The minimum absolute atomic E-state index is 0.311. The second-order valence-corrected chi connectivity index (χ2v) is 5.56. The van der Waals surface area contributed by atoms with Gasteiger partial charge in [0.2, 0.25) is 6.61 Å². The number of ether oxygens (including phenoxy) is 2. The summed E-state index contributed by atoms with van der Waals surface area (Å²) in [5, 5.41) is 15.2. The third-order valence-electron chi connectivity index (χ3n) is 3.56. The molecule has 0 aliphatic heterocycles. The van der Waals surface area contributed by atoms with Crippen LogP contribution in [0.25, 0.3) is 0 Å². The van der Waals surface area contributed by atoms with Crippen LogP contribution in [0.3, 0.4) is 0 Å². The van der Waals surface area contributed by atoms with Crippen LogP contribution in [-0.2, 0) is 19.2 Å². The highest BCUT2D eigenvalue weighted by atomic mass is 16.7. The van der Waals surface area contributed by atoms with E-state index in [2.05, 4.69) is 10.5 Å². The molecule has 0 aliphatic rings. The Bertz CT molecular complexity index is 887. The summed E-state index contributed by atoms with van der Waals surface area (Å²) in [6.07, 6.45) is 0.371. The lowest BCUT2D eigenvalue weighted by Crippen LogP contribution is -2.31. The van der Waals surface area contributed by atoms with E-state index in [-0.39, 0.29) is 0 Å². The summed E-state index contributed by atoms with van der Waals surface area (Å²) in [7, 11) is 1.57. The molecule has 1 amide bonds. The van der Waals surface area contributed by atoms with Crippen LogP contribution in [0.4, 0.5) is 5.69 Å². The number of amides is 1. The van der Waals surface area contributed by atoms with Crippen molar-refractivity contribution in [2.75, 3.05) is 19.0 Å². The highest BCUT2D eigenvalue weighted by Crippen LogP contribution is 2.14. The lowest BCUT2D eigenvalue weighted by atomic mass is 10.2. The van der Waals surface area contributed by atoms with Gasteiger partial charge < -0.3 is 19.6 Å². The topological polar surface area (TPSA) is 110 Å². The van der Waals surface area contributed by atoms with Gasteiger partial charge in [-0.15, -0.1) is 0 Å². The van der Waals surface area contributed by atoms with E-state index in [4.69, 9.17) is 19.6 Å². The number of carbonyl (C=O) groups is 2. The minimum atomic E-state index is -1.06. The fraction of sp³-hybridized carbons (Fsp3) is 0.200. The lowest BCUT2D eigenvalue weighted by Gasteiger charge is -2.13. The largest absolute Gasteiger partial charge is 0.497 e. The molecule has 0 radical (unpaired) electrons. The summed E-state index contributed by atoms with van der Waals surface area (Å²) in [4.78, 5) is 28.7. The van der Waals surface area contributed by atoms with Crippen LogP contribution in [0, 0.1) is 11.3 Å². The Morgan fingerprint density at radius 3 is 2.61 bits per heavy atom. The first-order chi connectivity index (χ1) is 13.5. The van der Waals surface area contributed by atoms with Crippen molar-refractivity contribution in [3.63, 3.8) is 0 Å². The number of hydrogen-bond donors (Lipinski definition) is 1. The molecule has 0 aromatic heterocycles. The standard InChI is InChI=1S/C20H19N3O5/c1-14(20(25)23-18-6-4-3-5-16(18)11-21)28-19(24)13-27-22-12-15-7-9-17(26-2)10-8-15/h3-10,12,14H,13H2,1-2H3,(H,23,25)/b22-12-/t14-/m1/s1. The first-order valence-electron chi connectivity index (χ1n) is 8.32. The average Bonchev–Trinajstić information content (AvgIpc) is 2.72. The fourth-order valence-electron chi connectivity index (χ4n) is 2.09. The van der Waals surface area contributed by atoms with Crippen molar-refractivity contribution in [1.29, 1.82) is 5.26 Å². The highest BCUT2D eigenvalue weighted by molar-refractivity contribution is 5.96. The molecule has 1 atom stereocenters. The molecule has 144 valence electrons. The van der Waals surface area contributed by atoms with Crippen LogP contribution in [0.15, 0.2) is 53.7 Å². The van der Waals surface area contributed by atoms with Crippen molar-refractivity contribution >= 4 is 23.8 Å². The number of nitrogens with one attached hydrogen (secondary N) is 1. The molecule has 8 nitrogen and oxygen atoms in total. The van der Waals surface area contributed by atoms with Crippen LogP contribution in [0.2, 0.25) is 0 Å². The molecule has 2 aromatic carbocycles. The number of nitriles is 1. The Morgan fingerprint density at radius 2 is 1.93 bits per heavy atom. The number of nitrogens with zero attached hydrogens (tertiary/aromatic N) is 2. The molecular weight excluding hydrogens is 362 g/mol. The number of esters is 1. The van der Waals surface area contributed by atoms with Crippen molar-refractivity contribution in [2.45, 2.75) is 13.0 Å². The predicted octanol–water partition coefficient (Wildman–Crippen LogP) is 2.49. The van der Waals surface area contributed by atoms with Crippen molar-refractivity contribution in [3.8, 4) is 11.8 Å². The van der Waals surface area contributed by atoms with E-state index in [1.165, 1.54) is 13.1 Å². The van der Waals surface area contributed by atoms with Gasteiger partial charge in [-0.3, -0.25) is 4.79 Å². The molecule has 0 spiro atoms. The van der Waals surface area contributed by atoms with Gasteiger partial charge >= 0.3 is 5.97 Å². The van der Waals surface area contributed by atoms with Gasteiger partial charge in [0.1, 0.15) is 11.8 Å². The fourth-order valence-corrected chi connectivity index (χ4v) is 2.09. The third kappa shape index (κ3) is 6.14. The number of carbonyl (C=O) groups excluding carboxylic acids is 2. The number of benzene rings is 2. The lowest BCUT2D eigenvalue weighted by molar-refractivity contribution is -0.157. The summed E-state index contributed by atoms with van der Waals surface area (Å²) in [5.41, 5.74) is 1.42. The van der Waals surface area contributed by atoms with Crippen molar-refractivity contribution < 1.29 is 23.9 Å². The second-order valence-electron chi connectivity index (χ2n) is 5.56. The van der Waals surface area contributed by atoms with Crippen molar-refractivity contribution in [2.24, 2.45) is 5.16 Å². The Hall–Kier alpha value is -3.86. The van der Waals surface area contributed by atoms with Crippen LogP contribution < -0.4 is 10.1 Å². The molecule has 0 saturated carbocycles. The van der Waals surface area contributed by atoms with Crippen LogP contribution in [-0.4, -0.2) is 37.9 Å². The summed E-state index contributed by atoms with van der Waals surface area (Å²) >= 11 is 0. The Balaban J connectivity index is 1.77. The Labute approximate surface area is 162 Å². The summed E-state index contributed by atoms with van der Waals surface area (Å²) in [6.45, 7) is 0.974. The van der Waals surface area contributed by atoms with Crippen LogP contribution in [0.1, 0.15) is 18.1 Å². The number of oxime groups is 1. The zero-order valence-electron chi connectivity index (χ0n) is 15.4. The van der Waals surface area contributed by atoms with Crippen LogP contribution >= 0.6 is 0 Å². The minimum Gasteiger partial charge on any atom is -0.497 e. The third-order valence-corrected chi connectivity index (χ3v) is 3.56. The van der Waals surface area contributed by atoms with Crippen molar-refractivity contribution in [1.82, 2.24) is 0 Å².